The highest BCUT2D eigenvalue weighted by atomic mass is 32.2. The van der Waals surface area contributed by atoms with Gasteiger partial charge in [0, 0.05) is 18.7 Å². The first-order valence-corrected chi connectivity index (χ1v) is 8.39. The van der Waals surface area contributed by atoms with Crippen LogP contribution in [0.4, 0.5) is 4.39 Å². The van der Waals surface area contributed by atoms with Gasteiger partial charge in [-0.25, -0.2) is 17.5 Å². The zero-order valence-corrected chi connectivity index (χ0v) is 12.7. The molecule has 1 aromatic carbocycles. The average molecular weight is 317 g/mol. The molecule has 1 saturated heterocycles. The van der Waals surface area contributed by atoms with Gasteiger partial charge in [0.1, 0.15) is 5.82 Å². The minimum Gasteiger partial charge on any atom is -0.392 e. The van der Waals surface area contributed by atoms with Crippen LogP contribution in [0.5, 0.6) is 0 Å². The first kappa shape index (κ1) is 16.4. The quantitative estimate of drug-likeness (QED) is 0.859. The second-order valence-corrected chi connectivity index (χ2v) is 7.03. The zero-order valence-electron chi connectivity index (χ0n) is 11.9. The second kappa shape index (κ2) is 6.83. The highest BCUT2D eigenvalue weighted by molar-refractivity contribution is 7.89. The summed E-state index contributed by atoms with van der Waals surface area (Å²) in [5.41, 5.74) is 0.291. The number of nitrogens with one attached hydrogen (secondary N) is 1. The third kappa shape index (κ3) is 4.00. The number of rotatable bonds is 5. The number of aliphatic hydroxyl groups excluding tert-OH is 1. The van der Waals surface area contributed by atoms with Gasteiger partial charge in [0.15, 0.2) is 0 Å². The van der Waals surface area contributed by atoms with Gasteiger partial charge in [0.05, 0.1) is 18.1 Å². The fraction of sp³-hybridized carbons (Fsp3) is 0.571. The lowest BCUT2D eigenvalue weighted by Crippen LogP contribution is -2.33. The lowest BCUT2D eigenvalue weighted by molar-refractivity contribution is 0.0568. The van der Waals surface area contributed by atoms with E-state index in [1.807, 2.05) is 0 Å². The van der Waals surface area contributed by atoms with E-state index in [0.717, 1.165) is 18.9 Å². The van der Waals surface area contributed by atoms with E-state index in [9.17, 15) is 12.8 Å². The number of sulfonamides is 1. The molecule has 0 amide bonds. The van der Waals surface area contributed by atoms with E-state index in [0.29, 0.717) is 13.2 Å². The predicted molar refractivity (Wildman–Crippen MR) is 75.8 cm³/mol. The van der Waals surface area contributed by atoms with Crippen LogP contribution >= 0.6 is 0 Å². The van der Waals surface area contributed by atoms with Crippen LogP contribution in [0.2, 0.25) is 0 Å². The summed E-state index contributed by atoms with van der Waals surface area (Å²) >= 11 is 0. The van der Waals surface area contributed by atoms with Crippen LogP contribution in [-0.2, 0) is 21.4 Å². The molecule has 0 saturated carbocycles. The largest absolute Gasteiger partial charge is 0.392 e. The molecule has 1 unspecified atom stereocenters. The van der Waals surface area contributed by atoms with Crippen molar-refractivity contribution in [3.8, 4) is 0 Å². The fourth-order valence-corrected chi connectivity index (χ4v) is 3.77. The molecule has 1 heterocycles. The Kier molecular flexibility index (Phi) is 5.32. The Hall–Kier alpha value is -1.02. The van der Waals surface area contributed by atoms with Crippen molar-refractivity contribution in [2.45, 2.75) is 31.3 Å². The Balaban J connectivity index is 2.16. The molecule has 7 heteroatoms. The van der Waals surface area contributed by atoms with Crippen LogP contribution in [0.1, 0.15) is 24.0 Å². The van der Waals surface area contributed by atoms with Crippen molar-refractivity contribution in [1.29, 1.82) is 0 Å². The Morgan fingerprint density at radius 2 is 2.24 bits per heavy atom. The molecule has 1 aliphatic heterocycles. The summed E-state index contributed by atoms with van der Waals surface area (Å²) in [6.07, 6.45) is 1.83. The molecular formula is C14H20FNO4S. The molecule has 1 aromatic rings. The average Bonchev–Trinajstić information content (AvgIpc) is 2.48. The summed E-state index contributed by atoms with van der Waals surface area (Å²) < 4.78 is 46.2. The van der Waals surface area contributed by atoms with Crippen LogP contribution in [0.15, 0.2) is 17.0 Å². The van der Waals surface area contributed by atoms with Crippen molar-refractivity contribution in [2.24, 2.45) is 5.92 Å². The van der Waals surface area contributed by atoms with Gasteiger partial charge in [-0.2, -0.15) is 0 Å². The number of aliphatic hydroxyl groups is 1. The molecule has 0 bridgehead atoms. The maximum atomic E-state index is 13.7. The third-order valence-corrected chi connectivity index (χ3v) is 5.19. The third-order valence-electron chi connectivity index (χ3n) is 3.65. The molecule has 0 aliphatic carbocycles. The first-order chi connectivity index (χ1) is 9.94. The van der Waals surface area contributed by atoms with E-state index in [1.165, 1.54) is 13.0 Å². The molecule has 21 heavy (non-hydrogen) atoms. The highest BCUT2D eigenvalue weighted by Gasteiger charge is 2.22. The van der Waals surface area contributed by atoms with Crippen molar-refractivity contribution < 1.29 is 22.7 Å². The summed E-state index contributed by atoms with van der Waals surface area (Å²) in [5, 5.41) is 9.08. The molecule has 1 aliphatic rings. The number of benzene rings is 1. The number of halogens is 1. The highest BCUT2D eigenvalue weighted by Crippen LogP contribution is 2.21. The molecule has 118 valence electrons. The van der Waals surface area contributed by atoms with Crippen LogP contribution in [0.3, 0.4) is 0 Å². The summed E-state index contributed by atoms with van der Waals surface area (Å²) in [4.78, 5) is -0.122. The molecule has 0 radical (unpaired) electrons. The maximum absolute atomic E-state index is 13.7. The molecule has 0 aromatic heterocycles. The number of hydrogen-bond acceptors (Lipinski definition) is 4. The maximum Gasteiger partial charge on any atom is 0.240 e. The van der Waals surface area contributed by atoms with Gasteiger partial charge < -0.3 is 9.84 Å². The minimum absolute atomic E-state index is 0.0552. The molecule has 1 fully saturated rings. The van der Waals surface area contributed by atoms with E-state index in [2.05, 4.69) is 4.72 Å². The minimum atomic E-state index is -3.80. The smallest absolute Gasteiger partial charge is 0.240 e. The summed E-state index contributed by atoms with van der Waals surface area (Å²) in [6.45, 7) is 2.52. The Labute approximate surface area is 124 Å². The standard InChI is InChI=1S/C14H20FNO4S/c1-10-13(15)5-12(8-17)6-14(10)21(18,19)16-7-11-3-2-4-20-9-11/h5-6,11,16-17H,2-4,7-9H2,1H3. The summed E-state index contributed by atoms with van der Waals surface area (Å²) in [5.74, 6) is -0.498. The topological polar surface area (TPSA) is 75.6 Å². The Morgan fingerprint density at radius 3 is 2.86 bits per heavy atom. The normalized spacial score (nSPS) is 19.7. The molecule has 2 rings (SSSR count). The monoisotopic (exact) mass is 317 g/mol. The molecule has 1 atom stereocenters. The second-order valence-electron chi connectivity index (χ2n) is 5.29. The lowest BCUT2D eigenvalue weighted by Gasteiger charge is -2.22. The van der Waals surface area contributed by atoms with Crippen LogP contribution in [0.25, 0.3) is 0 Å². The van der Waals surface area contributed by atoms with Crippen molar-refractivity contribution in [3.05, 3.63) is 29.1 Å². The predicted octanol–water partition coefficient (Wildman–Crippen LogP) is 1.33. The Bertz CT molecular complexity index is 597. The first-order valence-electron chi connectivity index (χ1n) is 6.91. The molecule has 5 nitrogen and oxygen atoms in total. The van der Waals surface area contributed by atoms with Gasteiger partial charge in [-0.1, -0.05) is 0 Å². The van der Waals surface area contributed by atoms with Crippen LogP contribution in [-0.4, -0.2) is 33.3 Å². The van der Waals surface area contributed by atoms with Gasteiger partial charge >= 0.3 is 0 Å². The molecule has 2 N–H and O–H groups in total. The van der Waals surface area contributed by atoms with Crippen LogP contribution in [0, 0.1) is 18.7 Å². The van der Waals surface area contributed by atoms with Gasteiger partial charge in [-0.15, -0.1) is 0 Å². The molecule has 0 spiro atoms. The van der Waals surface area contributed by atoms with Gasteiger partial charge in [0.25, 0.3) is 0 Å². The van der Waals surface area contributed by atoms with E-state index >= 15 is 0 Å². The van der Waals surface area contributed by atoms with E-state index in [1.54, 1.807) is 0 Å². The van der Waals surface area contributed by atoms with Gasteiger partial charge in [-0.3, -0.25) is 0 Å². The van der Waals surface area contributed by atoms with Crippen molar-refractivity contribution in [3.63, 3.8) is 0 Å². The fourth-order valence-electron chi connectivity index (χ4n) is 2.35. The van der Waals surface area contributed by atoms with Crippen LogP contribution < -0.4 is 4.72 Å². The van der Waals surface area contributed by atoms with E-state index in [-0.39, 0.29) is 28.5 Å². The number of hydrogen-bond donors (Lipinski definition) is 2. The zero-order chi connectivity index (χ0) is 15.5. The van der Waals surface area contributed by atoms with E-state index < -0.39 is 22.4 Å². The Morgan fingerprint density at radius 1 is 1.48 bits per heavy atom. The SMILES string of the molecule is Cc1c(F)cc(CO)cc1S(=O)(=O)NCC1CCCOC1. The van der Waals surface area contributed by atoms with Gasteiger partial charge in [0.2, 0.25) is 10.0 Å². The summed E-state index contributed by atoms with van der Waals surface area (Å²) in [7, 11) is -3.80. The lowest BCUT2D eigenvalue weighted by atomic mass is 10.0. The van der Waals surface area contributed by atoms with E-state index in [4.69, 9.17) is 9.84 Å². The summed E-state index contributed by atoms with van der Waals surface area (Å²) in [6, 6.07) is 2.45. The van der Waals surface area contributed by atoms with Crippen molar-refractivity contribution in [2.75, 3.05) is 19.8 Å². The van der Waals surface area contributed by atoms with Crippen molar-refractivity contribution in [1.82, 2.24) is 4.72 Å². The van der Waals surface area contributed by atoms with Gasteiger partial charge in [-0.05, 0) is 43.4 Å². The van der Waals surface area contributed by atoms with Crippen molar-refractivity contribution >= 4 is 10.0 Å². The number of ether oxygens (including phenoxy) is 1. The molecular weight excluding hydrogens is 297 g/mol.